The number of carbonyl (C=O) groups is 2. The Bertz CT molecular complexity index is 467. The second-order valence-electron chi connectivity index (χ2n) is 5.70. The number of hydrogen-bond acceptors (Lipinski definition) is 2. The molecule has 0 saturated carbocycles. The van der Waals surface area contributed by atoms with Gasteiger partial charge in [-0.2, -0.15) is 0 Å². The Balaban J connectivity index is 2.50. The third-order valence-electron chi connectivity index (χ3n) is 2.87. The number of hydrogen-bond donors (Lipinski definition) is 2. The minimum atomic E-state index is -0.285. The largest absolute Gasteiger partial charge is 0.355 e. The first-order chi connectivity index (χ1) is 9.38. The van der Waals surface area contributed by atoms with E-state index in [1.807, 2.05) is 38.1 Å². The lowest BCUT2D eigenvalue weighted by Crippen LogP contribution is -2.30. The molecule has 1 aromatic rings. The van der Waals surface area contributed by atoms with Gasteiger partial charge in [0, 0.05) is 12.2 Å². The SMILES string of the molecule is CC(C)CNC(=O)CC(=O)Nc1cccc(C(C)C)c1. The number of rotatable bonds is 6. The smallest absolute Gasteiger partial charge is 0.233 e. The Morgan fingerprint density at radius 1 is 1.10 bits per heavy atom. The maximum atomic E-state index is 11.8. The molecule has 0 aliphatic carbocycles. The summed E-state index contributed by atoms with van der Waals surface area (Å²) in [6.07, 6.45) is -0.140. The molecule has 0 aromatic heterocycles. The lowest BCUT2D eigenvalue weighted by Gasteiger charge is -2.10. The first kappa shape index (κ1) is 16.2. The summed E-state index contributed by atoms with van der Waals surface area (Å²) in [6.45, 7) is 8.81. The van der Waals surface area contributed by atoms with E-state index in [2.05, 4.69) is 24.5 Å². The van der Waals surface area contributed by atoms with Gasteiger partial charge in [0.1, 0.15) is 6.42 Å². The maximum absolute atomic E-state index is 11.8. The van der Waals surface area contributed by atoms with Gasteiger partial charge in [0.25, 0.3) is 0 Å². The summed E-state index contributed by atoms with van der Waals surface area (Å²) in [5.41, 5.74) is 1.89. The van der Waals surface area contributed by atoms with E-state index in [-0.39, 0.29) is 18.2 Å². The molecule has 0 bridgehead atoms. The van der Waals surface area contributed by atoms with Crippen LogP contribution < -0.4 is 10.6 Å². The monoisotopic (exact) mass is 276 g/mol. The van der Waals surface area contributed by atoms with E-state index in [1.165, 1.54) is 0 Å². The van der Waals surface area contributed by atoms with E-state index >= 15 is 0 Å². The van der Waals surface area contributed by atoms with Crippen molar-refractivity contribution in [3.63, 3.8) is 0 Å². The molecule has 0 radical (unpaired) electrons. The van der Waals surface area contributed by atoms with Gasteiger partial charge in [0.15, 0.2) is 0 Å². The molecule has 1 aromatic carbocycles. The molecule has 2 N–H and O–H groups in total. The lowest BCUT2D eigenvalue weighted by atomic mass is 10.0. The van der Waals surface area contributed by atoms with Crippen molar-refractivity contribution >= 4 is 17.5 Å². The number of benzene rings is 1. The summed E-state index contributed by atoms with van der Waals surface area (Å²) >= 11 is 0. The summed E-state index contributed by atoms with van der Waals surface area (Å²) < 4.78 is 0. The zero-order valence-electron chi connectivity index (χ0n) is 12.7. The molecule has 0 aliphatic rings. The zero-order valence-corrected chi connectivity index (χ0v) is 12.7. The van der Waals surface area contributed by atoms with Crippen LogP contribution in [-0.2, 0) is 9.59 Å². The highest BCUT2D eigenvalue weighted by molar-refractivity contribution is 6.03. The topological polar surface area (TPSA) is 58.2 Å². The second-order valence-corrected chi connectivity index (χ2v) is 5.70. The standard InChI is InChI=1S/C16H24N2O2/c1-11(2)10-17-15(19)9-16(20)18-14-7-5-6-13(8-14)12(3)4/h5-8,11-12H,9-10H2,1-4H3,(H,17,19)(H,18,20). The van der Waals surface area contributed by atoms with Crippen LogP contribution in [0, 0.1) is 5.92 Å². The molecule has 0 spiro atoms. The molecule has 4 heteroatoms. The van der Waals surface area contributed by atoms with Crippen molar-refractivity contribution in [1.82, 2.24) is 5.32 Å². The predicted molar refractivity (Wildman–Crippen MR) is 81.6 cm³/mol. The first-order valence-electron chi connectivity index (χ1n) is 7.05. The van der Waals surface area contributed by atoms with Gasteiger partial charge in [-0.05, 0) is 29.5 Å². The van der Waals surface area contributed by atoms with Crippen molar-refractivity contribution < 1.29 is 9.59 Å². The fraction of sp³-hybridized carbons (Fsp3) is 0.500. The van der Waals surface area contributed by atoms with E-state index in [0.29, 0.717) is 18.4 Å². The Hall–Kier alpha value is -1.84. The van der Waals surface area contributed by atoms with Gasteiger partial charge in [-0.15, -0.1) is 0 Å². The number of amides is 2. The molecule has 0 saturated heterocycles. The van der Waals surface area contributed by atoms with Crippen LogP contribution in [0.4, 0.5) is 5.69 Å². The van der Waals surface area contributed by atoms with Crippen molar-refractivity contribution in [3.8, 4) is 0 Å². The van der Waals surface area contributed by atoms with Gasteiger partial charge in [0.05, 0.1) is 0 Å². The fourth-order valence-electron chi connectivity index (χ4n) is 1.71. The van der Waals surface area contributed by atoms with Crippen molar-refractivity contribution in [2.24, 2.45) is 5.92 Å². The van der Waals surface area contributed by atoms with Gasteiger partial charge in [-0.1, -0.05) is 39.8 Å². The average Bonchev–Trinajstić information content (AvgIpc) is 2.36. The van der Waals surface area contributed by atoms with E-state index in [9.17, 15) is 9.59 Å². The molecule has 0 aliphatic heterocycles. The van der Waals surface area contributed by atoms with Crippen LogP contribution in [0.1, 0.15) is 45.6 Å². The fourth-order valence-corrected chi connectivity index (χ4v) is 1.71. The summed E-state index contributed by atoms with van der Waals surface area (Å²) in [4.78, 5) is 23.3. The third-order valence-corrected chi connectivity index (χ3v) is 2.87. The molecule has 0 atom stereocenters. The molecule has 0 heterocycles. The molecule has 2 amide bonds. The number of carbonyl (C=O) groups excluding carboxylic acids is 2. The van der Waals surface area contributed by atoms with E-state index in [4.69, 9.17) is 0 Å². The third kappa shape index (κ3) is 5.87. The summed E-state index contributed by atoms with van der Waals surface area (Å²) in [5.74, 6) is 0.259. The molecule has 20 heavy (non-hydrogen) atoms. The molecule has 110 valence electrons. The minimum absolute atomic E-state index is 0.140. The Kier molecular flexibility index (Phi) is 6.22. The highest BCUT2D eigenvalue weighted by atomic mass is 16.2. The predicted octanol–water partition coefficient (Wildman–Crippen LogP) is 2.91. The first-order valence-corrected chi connectivity index (χ1v) is 7.05. The van der Waals surface area contributed by atoms with Crippen LogP contribution in [0.2, 0.25) is 0 Å². The van der Waals surface area contributed by atoms with Crippen LogP contribution in [0.5, 0.6) is 0 Å². The van der Waals surface area contributed by atoms with Crippen LogP contribution >= 0.6 is 0 Å². The molecule has 4 nitrogen and oxygen atoms in total. The molecule has 1 rings (SSSR count). The highest BCUT2D eigenvalue weighted by Crippen LogP contribution is 2.18. The highest BCUT2D eigenvalue weighted by Gasteiger charge is 2.10. The van der Waals surface area contributed by atoms with Crippen molar-refractivity contribution in [2.45, 2.75) is 40.0 Å². The summed E-state index contributed by atoms with van der Waals surface area (Å²) in [5, 5.41) is 5.48. The van der Waals surface area contributed by atoms with Gasteiger partial charge in [-0.25, -0.2) is 0 Å². The van der Waals surface area contributed by atoms with Crippen LogP contribution in [-0.4, -0.2) is 18.4 Å². The van der Waals surface area contributed by atoms with Crippen molar-refractivity contribution in [2.75, 3.05) is 11.9 Å². The van der Waals surface area contributed by atoms with Crippen molar-refractivity contribution in [3.05, 3.63) is 29.8 Å². The average molecular weight is 276 g/mol. The number of nitrogens with one attached hydrogen (secondary N) is 2. The number of anilines is 1. The second kappa shape index (κ2) is 7.68. The van der Waals surface area contributed by atoms with Crippen LogP contribution in [0.15, 0.2) is 24.3 Å². The van der Waals surface area contributed by atoms with Crippen LogP contribution in [0.3, 0.4) is 0 Å². The van der Waals surface area contributed by atoms with Gasteiger partial charge >= 0.3 is 0 Å². The van der Waals surface area contributed by atoms with Gasteiger partial charge < -0.3 is 10.6 Å². The Labute approximate surface area is 121 Å². The molecular formula is C16H24N2O2. The Morgan fingerprint density at radius 2 is 1.80 bits per heavy atom. The van der Waals surface area contributed by atoms with Crippen molar-refractivity contribution in [1.29, 1.82) is 0 Å². The molecule has 0 unspecified atom stereocenters. The maximum Gasteiger partial charge on any atom is 0.233 e. The van der Waals surface area contributed by atoms with E-state index in [0.717, 1.165) is 11.3 Å². The quantitative estimate of drug-likeness (QED) is 0.785. The normalized spacial score (nSPS) is 10.7. The van der Waals surface area contributed by atoms with E-state index in [1.54, 1.807) is 0 Å². The molecular weight excluding hydrogens is 252 g/mol. The lowest BCUT2D eigenvalue weighted by molar-refractivity contribution is -0.126. The van der Waals surface area contributed by atoms with Gasteiger partial charge in [0.2, 0.25) is 11.8 Å². The zero-order chi connectivity index (χ0) is 15.1. The van der Waals surface area contributed by atoms with E-state index < -0.39 is 0 Å². The van der Waals surface area contributed by atoms with Crippen LogP contribution in [0.25, 0.3) is 0 Å². The molecule has 0 fully saturated rings. The van der Waals surface area contributed by atoms with Gasteiger partial charge in [-0.3, -0.25) is 9.59 Å². The Morgan fingerprint density at radius 3 is 2.40 bits per heavy atom. The summed E-state index contributed by atoms with van der Waals surface area (Å²) in [6, 6.07) is 7.70. The summed E-state index contributed by atoms with van der Waals surface area (Å²) in [7, 11) is 0. The minimum Gasteiger partial charge on any atom is -0.355 e.